The molecule has 0 aromatic heterocycles. The molecule has 154 valence electrons. The number of halogens is 2. The minimum atomic E-state index is -0.585. The lowest BCUT2D eigenvalue weighted by atomic mass is 10.1. The molecule has 0 saturated heterocycles. The summed E-state index contributed by atoms with van der Waals surface area (Å²) in [6.07, 6.45) is -0.107. The van der Waals surface area contributed by atoms with E-state index in [1.54, 1.807) is 12.1 Å². The van der Waals surface area contributed by atoms with Crippen LogP contribution in [0.4, 0.5) is 8.78 Å². The molecule has 0 aliphatic rings. The van der Waals surface area contributed by atoms with Gasteiger partial charge >= 0.3 is 0 Å². The molecule has 7 heteroatoms. The van der Waals surface area contributed by atoms with Crippen molar-refractivity contribution in [2.24, 2.45) is 0 Å². The molecule has 5 nitrogen and oxygen atoms in total. The lowest BCUT2D eigenvalue weighted by molar-refractivity contribution is -0.130. The number of para-hydroxylation sites is 1. The molecule has 0 heterocycles. The van der Waals surface area contributed by atoms with Crippen LogP contribution in [0.25, 0.3) is 11.1 Å². The Morgan fingerprint density at radius 2 is 1.53 bits per heavy atom. The van der Waals surface area contributed by atoms with Gasteiger partial charge in [0.2, 0.25) is 5.91 Å². The van der Waals surface area contributed by atoms with Crippen LogP contribution >= 0.6 is 0 Å². The van der Waals surface area contributed by atoms with E-state index in [-0.39, 0.29) is 25.0 Å². The van der Waals surface area contributed by atoms with Crippen molar-refractivity contribution in [3.05, 3.63) is 90.0 Å². The molecule has 2 N–H and O–H groups in total. The lowest BCUT2D eigenvalue weighted by Crippen LogP contribution is -2.43. The quantitative estimate of drug-likeness (QED) is 0.583. The van der Waals surface area contributed by atoms with E-state index in [1.165, 1.54) is 0 Å². The molecule has 0 spiro atoms. The zero-order chi connectivity index (χ0) is 21.3. The third-order valence-electron chi connectivity index (χ3n) is 4.30. The summed E-state index contributed by atoms with van der Waals surface area (Å²) < 4.78 is 32.3. The van der Waals surface area contributed by atoms with E-state index >= 15 is 0 Å². The van der Waals surface area contributed by atoms with Gasteiger partial charge in [-0.15, -0.1) is 0 Å². The van der Waals surface area contributed by atoms with Crippen LogP contribution in [0.3, 0.4) is 0 Å². The monoisotopic (exact) mass is 410 g/mol. The molecule has 0 saturated carbocycles. The molecule has 3 aromatic rings. The zero-order valence-electron chi connectivity index (χ0n) is 16.0. The van der Waals surface area contributed by atoms with Gasteiger partial charge in [-0.3, -0.25) is 20.4 Å². The van der Waals surface area contributed by atoms with Crippen molar-refractivity contribution < 1.29 is 23.1 Å². The topological polar surface area (TPSA) is 67.4 Å². The summed E-state index contributed by atoms with van der Waals surface area (Å²) in [5, 5.41) is 0. The summed E-state index contributed by atoms with van der Waals surface area (Å²) >= 11 is 0. The first-order valence-corrected chi connectivity index (χ1v) is 9.32. The van der Waals surface area contributed by atoms with Crippen LogP contribution in [0, 0.1) is 11.6 Å². The van der Waals surface area contributed by atoms with Gasteiger partial charge in [-0.25, -0.2) is 8.78 Å². The van der Waals surface area contributed by atoms with E-state index in [2.05, 4.69) is 10.9 Å². The average Bonchev–Trinajstić information content (AvgIpc) is 2.77. The highest BCUT2D eigenvalue weighted by Crippen LogP contribution is 2.29. The highest BCUT2D eigenvalue weighted by molar-refractivity contribution is 5.83. The maximum Gasteiger partial charge on any atom is 0.276 e. The van der Waals surface area contributed by atoms with Crippen molar-refractivity contribution in [2.75, 3.05) is 6.61 Å². The van der Waals surface area contributed by atoms with Crippen molar-refractivity contribution in [1.29, 1.82) is 0 Å². The van der Waals surface area contributed by atoms with E-state index < -0.39 is 23.4 Å². The summed E-state index contributed by atoms with van der Waals surface area (Å²) in [6, 6.07) is 20.0. The molecule has 0 fully saturated rings. The number of hydrazine groups is 1. The second-order valence-corrected chi connectivity index (χ2v) is 6.48. The smallest absolute Gasteiger partial charge is 0.276 e. The standard InChI is InChI=1S/C23H20F2N2O3/c24-18-11-12-20(25)17(14-18)10-13-22(28)26-27-23(29)15-30-21-9-5-4-8-19(21)16-6-2-1-3-7-16/h1-9,11-12,14H,10,13,15H2,(H,26,28)(H,27,29). The van der Waals surface area contributed by atoms with Crippen LogP contribution in [0.1, 0.15) is 12.0 Å². The third kappa shape index (κ3) is 5.88. The highest BCUT2D eigenvalue weighted by atomic mass is 19.1. The maximum absolute atomic E-state index is 13.6. The number of rotatable bonds is 7. The van der Waals surface area contributed by atoms with Crippen molar-refractivity contribution in [3.8, 4) is 16.9 Å². The molecule has 2 amide bonds. The van der Waals surface area contributed by atoms with Gasteiger partial charge in [0, 0.05) is 12.0 Å². The van der Waals surface area contributed by atoms with Gasteiger partial charge in [0.15, 0.2) is 6.61 Å². The molecular weight excluding hydrogens is 390 g/mol. The molecule has 3 rings (SSSR count). The number of aryl methyl sites for hydroxylation is 1. The van der Waals surface area contributed by atoms with Crippen LogP contribution < -0.4 is 15.6 Å². The Balaban J connectivity index is 1.46. The number of nitrogens with one attached hydrogen (secondary N) is 2. The van der Waals surface area contributed by atoms with Crippen molar-refractivity contribution in [1.82, 2.24) is 10.9 Å². The first kappa shape index (κ1) is 21.0. The summed E-state index contributed by atoms with van der Waals surface area (Å²) in [5.41, 5.74) is 6.36. The van der Waals surface area contributed by atoms with Gasteiger partial charge in [-0.2, -0.15) is 0 Å². The van der Waals surface area contributed by atoms with Crippen molar-refractivity contribution in [3.63, 3.8) is 0 Å². The fourth-order valence-corrected chi connectivity index (χ4v) is 2.81. The number of hydrogen-bond acceptors (Lipinski definition) is 3. The number of benzene rings is 3. The summed E-state index contributed by atoms with van der Waals surface area (Å²) in [7, 11) is 0. The molecule has 0 aliphatic carbocycles. The SMILES string of the molecule is O=C(CCc1cc(F)ccc1F)NNC(=O)COc1ccccc1-c1ccccc1. The largest absolute Gasteiger partial charge is 0.483 e. The predicted molar refractivity (Wildman–Crippen MR) is 108 cm³/mol. The average molecular weight is 410 g/mol. The fourth-order valence-electron chi connectivity index (χ4n) is 2.81. The van der Waals surface area contributed by atoms with Gasteiger partial charge < -0.3 is 4.74 Å². The number of carbonyl (C=O) groups excluding carboxylic acids is 2. The van der Waals surface area contributed by atoms with Gasteiger partial charge in [0.05, 0.1) is 0 Å². The summed E-state index contributed by atoms with van der Waals surface area (Å²) in [4.78, 5) is 23.8. The fraction of sp³-hybridized carbons (Fsp3) is 0.130. The Hall–Kier alpha value is -3.74. The minimum absolute atomic E-state index is 0.00620. The molecule has 0 aliphatic heterocycles. The molecular formula is C23H20F2N2O3. The zero-order valence-corrected chi connectivity index (χ0v) is 16.0. The Bertz CT molecular complexity index is 1030. The van der Waals surface area contributed by atoms with Gasteiger partial charge in [-0.05, 0) is 41.8 Å². The predicted octanol–water partition coefficient (Wildman–Crippen LogP) is 3.79. The molecule has 30 heavy (non-hydrogen) atoms. The second-order valence-electron chi connectivity index (χ2n) is 6.48. The maximum atomic E-state index is 13.6. The number of carbonyl (C=O) groups is 2. The van der Waals surface area contributed by atoms with Crippen molar-refractivity contribution >= 4 is 11.8 Å². The van der Waals surface area contributed by atoms with E-state index in [0.29, 0.717) is 5.75 Å². The van der Waals surface area contributed by atoms with Gasteiger partial charge in [0.1, 0.15) is 17.4 Å². The molecule has 0 bridgehead atoms. The van der Waals surface area contributed by atoms with Crippen LogP contribution in [0.5, 0.6) is 5.75 Å². The van der Waals surface area contributed by atoms with E-state index in [1.807, 2.05) is 42.5 Å². The first-order chi connectivity index (χ1) is 14.5. The van der Waals surface area contributed by atoms with Crippen LogP contribution in [-0.4, -0.2) is 18.4 Å². The molecule has 0 radical (unpaired) electrons. The minimum Gasteiger partial charge on any atom is -0.483 e. The normalized spacial score (nSPS) is 10.3. The highest BCUT2D eigenvalue weighted by Gasteiger charge is 2.11. The van der Waals surface area contributed by atoms with Gasteiger partial charge in [0.25, 0.3) is 5.91 Å². The van der Waals surface area contributed by atoms with Crippen LogP contribution in [0.15, 0.2) is 72.8 Å². The Morgan fingerprint density at radius 3 is 2.33 bits per heavy atom. The molecule has 0 unspecified atom stereocenters. The second kappa shape index (κ2) is 10.2. The van der Waals surface area contributed by atoms with Gasteiger partial charge in [-0.1, -0.05) is 48.5 Å². The number of amides is 2. The first-order valence-electron chi connectivity index (χ1n) is 9.32. The summed E-state index contributed by atoms with van der Waals surface area (Å²) in [5.74, 6) is -1.71. The van der Waals surface area contributed by atoms with Crippen molar-refractivity contribution in [2.45, 2.75) is 12.8 Å². The van der Waals surface area contributed by atoms with E-state index in [4.69, 9.17) is 4.74 Å². The molecule has 0 atom stereocenters. The molecule has 3 aromatic carbocycles. The van der Waals surface area contributed by atoms with E-state index in [9.17, 15) is 18.4 Å². The number of ether oxygens (including phenoxy) is 1. The lowest BCUT2D eigenvalue weighted by Gasteiger charge is -2.12. The Morgan fingerprint density at radius 1 is 0.833 bits per heavy atom. The summed E-state index contributed by atoms with van der Waals surface area (Å²) in [6.45, 7) is -0.303. The van der Waals surface area contributed by atoms with E-state index in [0.717, 1.165) is 29.3 Å². The van der Waals surface area contributed by atoms with Crippen LogP contribution in [-0.2, 0) is 16.0 Å². The number of hydrogen-bond donors (Lipinski definition) is 2. The Labute approximate surface area is 172 Å². The van der Waals surface area contributed by atoms with Crippen LogP contribution in [0.2, 0.25) is 0 Å². The third-order valence-corrected chi connectivity index (χ3v) is 4.30. The Kier molecular flexibility index (Phi) is 7.10.